The quantitative estimate of drug-likeness (QED) is 0.562. The van der Waals surface area contributed by atoms with Crippen LogP contribution in [0.3, 0.4) is 0 Å². The smallest absolute Gasteiger partial charge is 0.311 e. The van der Waals surface area contributed by atoms with Gasteiger partial charge >= 0.3 is 5.97 Å². The minimum Gasteiger partial charge on any atom is -0.466 e. The number of carbonyl (C=O) groups is 3. The molecule has 7 nitrogen and oxygen atoms in total. The first-order valence-corrected chi connectivity index (χ1v) is 12.6. The first-order chi connectivity index (χ1) is 15.7. The van der Waals surface area contributed by atoms with E-state index in [0.29, 0.717) is 13.0 Å². The van der Waals surface area contributed by atoms with E-state index >= 15 is 0 Å². The van der Waals surface area contributed by atoms with Crippen LogP contribution in [0.1, 0.15) is 46.1 Å². The molecule has 2 N–H and O–H groups in total. The zero-order valence-electron chi connectivity index (χ0n) is 19.7. The average molecular weight is 475 g/mol. The summed E-state index contributed by atoms with van der Waals surface area (Å²) in [5, 5.41) is 13.2. The number of benzene rings is 1. The Morgan fingerprint density at radius 3 is 2.58 bits per heavy atom. The lowest BCUT2D eigenvalue weighted by Crippen LogP contribution is -2.57. The number of amides is 2. The molecule has 3 saturated heterocycles. The van der Waals surface area contributed by atoms with Crippen molar-refractivity contribution in [3.63, 3.8) is 0 Å². The molecule has 0 aliphatic carbocycles. The molecule has 3 fully saturated rings. The fraction of sp³-hybridized carbons (Fsp3) is 0.640. The van der Waals surface area contributed by atoms with Crippen LogP contribution < -0.4 is 5.32 Å². The molecule has 180 valence electrons. The van der Waals surface area contributed by atoms with E-state index in [0.717, 1.165) is 12.0 Å². The number of esters is 1. The number of aliphatic hydroxyl groups is 1. The molecule has 33 heavy (non-hydrogen) atoms. The molecule has 1 aromatic carbocycles. The summed E-state index contributed by atoms with van der Waals surface area (Å²) in [5.74, 6) is -2.06. The van der Waals surface area contributed by atoms with Gasteiger partial charge < -0.3 is 20.1 Å². The lowest BCUT2D eigenvalue weighted by molar-refractivity contribution is -0.155. The summed E-state index contributed by atoms with van der Waals surface area (Å²) >= 11 is 1.61. The van der Waals surface area contributed by atoms with Gasteiger partial charge in [-0.05, 0) is 38.2 Å². The summed E-state index contributed by atoms with van der Waals surface area (Å²) < 4.78 is 4.25. The first kappa shape index (κ1) is 24.1. The molecule has 1 aromatic rings. The van der Waals surface area contributed by atoms with Crippen molar-refractivity contribution >= 4 is 29.5 Å². The Bertz CT molecular complexity index is 925. The number of hydrogen-bond acceptors (Lipinski definition) is 6. The molecule has 3 aliphatic heterocycles. The van der Waals surface area contributed by atoms with Crippen molar-refractivity contribution in [2.45, 2.75) is 68.7 Å². The van der Waals surface area contributed by atoms with Gasteiger partial charge in [-0.25, -0.2) is 0 Å². The van der Waals surface area contributed by atoms with Crippen molar-refractivity contribution in [2.24, 2.45) is 17.8 Å². The summed E-state index contributed by atoms with van der Waals surface area (Å²) in [6.45, 7) is 8.03. The maximum atomic E-state index is 13.9. The van der Waals surface area contributed by atoms with Gasteiger partial charge in [-0.2, -0.15) is 0 Å². The molecule has 2 bridgehead atoms. The second-order valence-corrected chi connectivity index (χ2v) is 11.8. The van der Waals surface area contributed by atoms with Gasteiger partial charge in [0.1, 0.15) is 6.04 Å². The number of hydrogen-bond donors (Lipinski definition) is 2. The van der Waals surface area contributed by atoms with Crippen LogP contribution in [-0.2, 0) is 25.7 Å². The Labute approximate surface area is 199 Å². The van der Waals surface area contributed by atoms with E-state index in [4.69, 9.17) is 4.74 Å². The van der Waals surface area contributed by atoms with E-state index in [1.165, 1.54) is 0 Å². The van der Waals surface area contributed by atoms with E-state index in [1.807, 2.05) is 51.1 Å². The van der Waals surface area contributed by atoms with Crippen LogP contribution in [0.25, 0.3) is 0 Å². The minimum atomic E-state index is -0.746. The minimum absolute atomic E-state index is 0.0440. The number of fused-ring (bicyclic) bond motifs is 1. The normalized spacial score (nSPS) is 33.3. The second-order valence-electron chi connectivity index (χ2n) is 9.92. The van der Waals surface area contributed by atoms with E-state index in [-0.39, 0.29) is 36.9 Å². The number of nitrogens with zero attached hydrogens (tertiary/aromatic N) is 1. The molecule has 6 atom stereocenters. The Balaban J connectivity index is 1.73. The first-order valence-electron chi connectivity index (χ1n) is 11.8. The number of thioether (sulfide) groups is 1. The van der Waals surface area contributed by atoms with Crippen LogP contribution in [0.4, 0.5) is 0 Å². The lowest BCUT2D eigenvalue weighted by atomic mass is 9.66. The summed E-state index contributed by atoms with van der Waals surface area (Å²) in [6, 6.07) is 8.40. The van der Waals surface area contributed by atoms with E-state index in [9.17, 15) is 19.5 Å². The van der Waals surface area contributed by atoms with Crippen molar-refractivity contribution in [3.8, 4) is 0 Å². The fourth-order valence-electron chi connectivity index (χ4n) is 6.11. The lowest BCUT2D eigenvalue weighted by Gasteiger charge is -2.38. The molecule has 2 amide bonds. The van der Waals surface area contributed by atoms with Gasteiger partial charge in [0.25, 0.3) is 0 Å². The number of ether oxygens (including phenoxy) is 1. The van der Waals surface area contributed by atoms with Gasteiger partial charge in [0.2, 0.25) is 11.8 Å². The largest absolute Gasteiger partial charge is 0.466 e. The molecule has 8 heteroatoms. The average Bonchev–Trinajstić information content (AvgIpc) is 3.35. The number of likely N-dealkylation sites (tertiary alicyclic amines) is 1. The molecular formula is C25H34N2O5S. The highest BCUT2D eigenvalue weighted by atomic mass is 32.2. The predicted octanol–water partition coefficient (Wildman–Crippen LogP) is 2.36. The Hall–Kier alpha value is -2.06. The molecule has 0 aromatic heterocycles. The van der Waals surface area contributed by atoms with Gasteiger partial charge in [-0.3, -0.25) is 14.4 Å². The summed E-state index contributed by atoms with van der Waals surface area (Å²) in [4.78, 5) is 42.3. The molecule has 3 heterocycles. The predicted molar refractivity (Wildman–Crippen MR) is 126 cm³/mol. The Morgan fingerprint density at radius 2 is 1.97 bits per heavy atom. The van der Waals surface area contributed by atoms with E-state index in [2.05, 4.69) is 5.32 Å². The number of nitrogens with one attached hydrogen (secondary N) is 1. The highest BCUT2D eigenvalue weighted by molar-refractivity contribution is 8.02. The monoisotopic (exact) mass is 474 g/mol. The number of aliphatic hydroxyl groups excluding tert-OH is 1. The zero-order valence-corrected chi connectivity index (χ0v) is 20.6. The van der Waals surface area contributed by atoms with Gasteiger partial charge in [0, 0.05) is 11.3 Å². The van der Waals surface area contributed by atoms with E-state index < -0.39 is 33.4 Å². The summed E-state index contributed by atoms with van der Waals surface area (Å²) in [7, 11) is 0. The molecule has 1 spiro atoms. The highest BCUT2D eigenvalue weighted by Gasteiger charge is 2.78. The van der Waals surface area contributed by atoms with Crippen LogP contribution in [-0.4, -0.2) is 62.6 Å². The molecule has 0 saturated carbocycles. The maximum Gasteiger partial charge on any atom is 0.311 e. The van der Waals surface area contributed by atoms with Crippen molar-refractivity contribution < 1.29 is 24.2 Å². The van der Waals surface area contributed by atoms with Crippen LogP contribution in [0.5, 0.6) is 0 Å². The van der Waals surface area contributed by atoms with Gasteiger partial charge in [-0.15, -0.1) is 11.8 Å². The SMILES string of the molecule is CCOC(=O)[C@@H]1[C@H]2C(=O)N([C@@H](CO)C(C)C)C(C(=O)NCc3ccccc3)C23CC[C@@]1(C)S3. The van der Waals surface area contributed by atoms with Crippen LogP contribution >= 0.6 is 11.8 Å². The van der Waals surface area contributed by atoms with Crippen LogP contribution in [0, 0.1) is 17.8 Å². The van der Waals surface area contributed by atoms with Gasteiger partial charge in [0.15, 0.2) is 0 Å². The van der Waals surface area contributed by atoms with Gasteiger partial charge in [0.05, 0.1) is 35.8 Å². The highest BCUT2D eigenvalue weighted by Crippen LogP contribution is 2.71. The summed E-state index contributed by atoms with van der Waals surface area (Å²) in [6.07, 6.45) is 1.42. The maximum absolute atomic E-state index is 13.9. The van der Waals surface area contributed by atoms with Crippen molar-refractivity contribution in [1.82, 2.24) is 10.2 Å². The molecular weight excluding hydrogens is 440 g/mol. The van der Waals surface area contributed by atoms with Crippen LogP contribution in [0.2, 0.25) is 0 Å². The van der Waals surface area contributed by atoms with Crippen molar-refractivity contribution in [1.29, 1.82) is 0 Å². The number of carbonyl (C=O) groups excluding carboxylic acids is 3. The van der Waals surface area contributed by atoms with Gasteiger partial charge in [-0.1, -0.05) is 44.2 Å². The van der Waals surface area contributed by atoms with Crippen molar-refractivity contribution in [2.75, 3.05) is 13.2 Å². The van der Waals surface area contributed by atoms with E-state index in [1.54, 1.807) is 23.6 Å². The third-order valence-electron chi connectivity index (χ3n) is 7.63. The third kappa shape index (κ3) is 3.75. The molecule has 3 aliphatic rings. The number of rotatable bonds is 8. The standard InChI is InChI=1S/C25H34N2O5S/c1-5-32-23(31)19-18-22(30)27(17(14-28)15(2)3)20(25(18)12-11-24(19,4)33-25)21(29)26-13-16-9-7-6-8-10-16/h6-10,15,17-20,28H,5,11-14H2,1-4H3,(H,26,29)/t17-,18-,19-,20?,24+,25?/m0/s1. The third-order valence-corrected chi connectivity index (χ3v) is 9.61. The van der Waals surface area contributed by atoms with Crippen LogP contribution in [0.15, 0.2) is 30.3 Å². The molecule has 0 radical (unpaired) electrons. The van der Waals surface area contributed by atoms with Crippen molar-refractivity contribution in [3.05, 3.63) is 35.9 Å². The molecule has 4 rings (SSSR count). The summed E-state index contributed by atoms with van der Waals surface area (Å²) in [5.41, 5.74) is 0.970. The fourth-order valence-corrected chi connectivity index (χ4v) is 8.44. The Kier molecular flexibility index (Phi) is 6.53. The zero-order chi connectivity index (χ0) is 24.0. The second kappa shape index (κ2) is 8.95. The molecule has 2 unspecified atom stereocenters. The Morgan fingerprint density at radius 1 is 1.27 bits per heavy atom. The topological polar surface area (TPSA) is 95.9 Å².